The fourth-order valence-electron chi connectivity index (χ4n) is 1.74. The molecular formula is C12H9ClN4S. The maximum atomic E-state index is 6.13. The van der Waals surface area contributed by atoms with Crippen molar-refractivity contribution in [2.75, 3.05) is 5.73 Å². The number of nitrogen functional groups attached to an aromatic ring is 1. The van der Waals surface area contributed by atoms with Gasteiger partial charge in [0.25, 0.3) is 0 Å². The van der Waals surface area contributed by atoms with Gasteiger partial charge in [-0.05, 0) is 19.1 Å². The Hall–Kier alpha value is -1.72. The van der Waals surface area contributed by atoms with Crippen LogP contribution >= 0.6 is 22.9 Å². The maximum Gasteiger partial charge on any atom is 0.145 e. The van der Waals surface area contributed by atoms with E-state index < -0.39 is 0 Å². The first-order valence-electron chi connectivity index (χ1n) is 5.30. The molecular weight excluding hydrogens is 268 g/mol. The van der Waals surface area contributed by atoms with Crippen molar-refractivity contribution >= 4 is 39.0 Å². The average molecular weight is 277 g/mol. The Morgan fingerprint density at radius 3 is 2.67 bits per heavy atom. The first-order chi connectivity index (χ1) is 8.65. The lowest BCUT2D eigenvalue weighted by Crippen LogP contribution is -1.99. The number of nitrogens with two attached hydrogens (primary N) is 1. The third-order valence-corrected chi connectivity index (χ3v) is 3.84. The predicted molar refractivity (Wildman–Crippen MR) is 74.8 cm³/mol. The second kappa shape index (κ2) is 4.19. The van der Waals surface area contributed by atoms with Crippen LogP contribution in [-0.2, 0) is 0 Å². The summed E-state index contributed by atoms with van der Waals surface area (Å²) in [7, 11) is 0. The van der Waals surface area contributed by atoms with Crippen LogP contribution in [0.4, 0.5) is 5.82 Å². The molecule has 0 aliphatic heterocycles. The van der Waals surface area contributed by atoms with E-state index in [2.05, 4.69) is 15.0 Å². The van der Waals surface area contributed by atoms with E-state index in [1.54, 1.807) is 6.92 Å². The highest BCUT2D eigenvalue weighted by molar-refractivity contribution is 7.21. The predicted octanol–water partition coefficient (Wildman–Crippen LogP) is 3.30. The van der Waals surface area contributed by atoms with Gasteiger partial charge in [0.05, 0.1) is 15.8 Å². The molecule has 0 spiro atoms. The Balaban J connectivity index is 2.26. The number of aromatic nitrogens is 3. The van der Waals surface area contributed by atoms with Gasteiger partial charge in [-0.2, -0.15) is 0 Å². The van der Waals surface area contributed by atoms with Crippen LogP contribution in [0.3, 0.4) is 0 Å². The molecule has 2 heterocycles. The van der Waals surface area contributed by atoms with E-state index in [9.17, 15) is 0 Å². The summed E-state index contributed by atoms with van der Waals surface area (Å²) in [5, 5.41) is 1.10. The van der Waals surface area contributed by atoms with E-state index in [0.29, 0.717) is 22.4 Å². The standard InChI is InChI=1S/C12H9ClN4S/c1-6-15-10(13)9(11(14)16-6)12-17-7-4-2-3-5-8(7)18-12/h2-5H,1H3,(H2,14,15,16). The van der Waals surface area contributed by atoms with Crippen molar-refractivity contribution in [3.05, 3.63) is 35.2 Å². The van der Waals surface area contributed by atoms with Crippen LogP contribution in [0.25, 0.3) is 20.8 Å². The number of para-hydroxylation sites is 1. The average Bonchev–Trinajstić information content (AvgIpc) is 2.70. The van der Waals surface area contributed by atoms with Crippen LogP contribution in [0.2, 0.25) is 5.15 Å². The van der Waals surface area contributed by atoms with Crippen molar-refractivity contribution in [3.63, 3.8) is 0 Å². The summed E-state index contributed by atoms with van der Waals surface area (Å²) in [4.78, 5) is 12.8. The molecule has 0 atom stereocenters. The Morgan fingerprint density at radius 1 is 1.17 bits per heavy atom. The van der Waals surface area contributed by atoms with Crippen LogP contribution in [0.15, 0.2) is 24.3 Å². The van der Waals surface area contributed by atoms with E-state index in [1.165, 1.54) is 11.3 Å². The number of halogens is 1. The summed E-state index contributed by atoms with van der Waals surface area (Å²) < 4.78 is 1.09. The Labute approximate surface area is 112 Å². The largest absolute Gasteiger partial charge is 0.383 e. The van der Waals surface area contributed by atoms with Gasteiger partial charge >= 0.3 is 0 Å². The number of thiazole rings is 1. The third kappa shape index (κ3) is 1.81. The molecule has 0 aliphatic carbocycles. The van der Waals surface area contributed by atoms with Crippen molar-refractivity contribution in [2.24, 2.45) is 0 Å². The molecule has 1 aromatic carbocycles. The SMILES string of the molecule is Cc1nc(N)c(-c2nc3ccccc3s2)c(Cl)n1. The summed E-state index contributed by atoms with van der Waals surface area (Å²) >= 11 is 7.66. The molecule has 0 radical (unpaired) electrons. The number of hydrogen-bond donors (Lipinski definition) is 1. The molecule has 6 heteroatoms. The van der Waals surface area contributed by atoms with Crippen LogP contribution in [0.1, 0.15) is 5.82 Å². The number of benzene rings is 1. The van der Waals surface area contributed by atoms with Crippen LogP contribution < -0.4 is 5.73 Å². The number of hydrogen-bond acceptors (Lipinski definition) is 5. The van der Waals surface area contributed by atoms with Gasteiger partial charge in [0, 0.05) is 0 Å². The molecule has 2 N–H and O–H groups in total. The van der Waals surface area contributed by atoms with E-state index in [0.717, 1.165) is 15.2 Å². The summed E-state index contributed by atoms with van der Waals surface area (Å²) in [6, 6.07) is 7.88. The second-order valence-electron chi connectivity index (χ2n) is 3.81. The Kier molecular flexibility index (Phi) is 2.65. The highest BCUT2D eigenvalue weighted by Gasteiger charge is 2.15. The second-order valence-corrected chi connectivity index (χ2v) is 5.20. The molecule has 3 rings (SSSR count). The summed E-state index contributed by atoms with van der Waals surface area (Å²) in [5.41, 5.74) is 7.45. The van der Waals surface area contributed by atoms with Crippen LogP contribution in [0.5, 0.6) is 0 Å². The number of rotatable bonds is 1. The molecule has 0 amide bonds. The first-order valence-corrected chi connectivity index (χ1v) is 6.50. The molecule has 2 aromatic heterocycles. The smallest absolute Gasteiger partial charge is 0.145 e. The lowest BCUT2D eigenvalue weighted by atomic mass is 10.3. The zero-order valence-electron chi connectivity index (χ0n) is 9.51. The minimum absolute atomic E-state index is 0.346. The summed E-state index contributed by atoms with van der Waals surface area (Å²) in [6.07, 6.45) is 0. The van der Waals surface area contributed by atoms with E-state index in [-0.39, 0.29) is 0 Å². The molecule has 0 unspecified atom stereocenters. The van der Waals surface area contributed by atoms with Gasteiger partial charge in [0.15, 0.2) is 0 Å². The number of anilines is 1. The van der Waals surface area contributed by atoms with Gasteiger partial charge in [0.2, 0.25) is 0 Å². The molecule has 4 nitrogen and oxygen atoms in total. The lowest BCUT2D eigenvalue weighted by Gasteiger charge is -2.04. The maximum absolute atomic E-state index is 6.13. The van der Waals surface area contributed by atoms with Gasteiger partial charge in [0.1, 0.15) is 21.8 Å². The molecule has 3 aromatic rings. The quantitative estimate of drug-likeness (QED) is 0.693. The highest BCUT2D eigenvalue weighted by Crippen LogP contribution is 2.36. The van der Waals surface area contributed by atoms with E-state index in [4.69, 9.17) is 17.3 Å². The van der Waals surface area contributed by atoms with Crippen molar-refractivity contribution in [1.82, 2.24) is 15.0 Å². The van der Waals surface area contributed by atoms with Gasteiger partial charge in [-0.25, -0.2) is 15.0 Å². The molecule has 0 saturated heterocycles. The summed E-state index contributed by atoms with van der Waals surface area (Å²) in [6.45, 7) is 1.75. The van der Waals surface area contributed by atoms with Gasteiger partial charge < -0.3 is 5.73 Å². The lowest BCUT2D eigenvalue weighted by molar-refractivity contribution is 1.06. The van der Waals surface area contributed by atoms with Gasteiger partial charge in [-0.3, -0.25) is 0 Å². The zero-order chi connectivity index (χ0) is 12.7. The normalized spacial score (nSPS) is 11.0. The van der Waals surface area contributed by atoms with Crippen molar-refractivity contribution in [1.29, 1.82) is 0 Å². The van der Waals surface area contributed by atoms with Gasteiger partial charge in [-0.1, -0.05) is 23.7 Å². The molecule has 90 valence electrons. The zero-order valence-corrected chi connectivity index (χ0v) is 11.1. The van der Waals surface area contributed by atoms with Crippen molar-refractivity contribution < 1.29 is 0 Å². The molecule has 18 heavy (non-hydrogen) atoms. The van der Waals surface area contributed by atoms with Crippen LogP contribution in [-0.4, -0.2) is 15.0 Å². The van der Waals surface area contributed by atoms with E-state index >= 15 is 0 Å². The fraction of sp³-hybridized carbons (Fsp3) is 0.0833. The molecule has 0 bridgehead atoms. The van der Waals surface area contributed by atoms with Crippen molar-refractivity contribution in [2.45, 2.75) is 6.92 Å². The van der Waals surface area contributed by atoms with Crippen LogP contribution in [0, 0.1) is 6.92 Å². The molecule has 0 fully saturated rings. The molecule has 0 aliphatic rings. The summed E-state index contributed by atoms with van der Waals surface area (Å²) in [5.74, 6) is 0.925. The molecule has 0 saturated carbocycles. The Morgan fingerprint density at radius 2 is 1.94 bits per heavy atom. The minimum atomic E-state index is 0.346. The minimum Gasteiger partial charge on any atom is -0.383 e. The van der Waals surface area contributed by atoms with Gasteiger partial charge in [-0.15, -0.1) is 11.3 Å². The monoisotopic (exact) mass is 276 g/mol. The number of fused-ring (bicyclic) bond motifs is 1. The first kappa shape index (κ1) is 11.4. The Bertz CT molecular complexity index is 682. The van der Waals surface area contributed by atoms with Crippen molar-refractivity contribution in [3.8, 4) is 10.6 Å². The third-order valence-electron chi connectivity index (χ3n) is 2.51. The topological polar surface area (TPSA) is 64.7 Å². The number of aryl methyl sites for hydroxylation is 1. The van der Waals surface area contributed by atoms with E-state index in [1.807, 2.05) is 24.3 Å². The number of nitrogens with zero attached hydrogens (tertiary/aromatic N) is 3. The highest BCUT2D eigenvalue weighted by atomic mass is 35.5. The fourth-order valence-corrected chi connectivity index (χ4v) is 3.12.